The molecule has 2 heterocycles. The van der Waals surface area contributed by atoms with E-state index in [1.807, 2.05) is 35.8 Å². The van der Waals surface area contributed by atoms with Gasteiger partial charge in [-0.2, -0.15) is 0 Å². The predicted molar refractivity (Wildman–Crippen MR) is 117 cm³/mol. The standard InChI is InChI=1S/C25H31N3O2/c1-3-27(4-2)23(29)16-20-17-25(22-10-6-5-9-21(20)22)11-14-28(15-12-25)24(30)19-8-7-13-26-18-19/h5-10,13,18,20H,3-4,11-12,14-17H2,1-2H3/t20-/m0/s1. The molecule has 1 aromatic heterocycles. The number of nitrogens with zero attached hydrogens (tertiary/aromatic N) is 3. The summed E-state index contributed by atoms with van der Waals surface area (Å²) in [6.45, 7) is 7.11. The van der Waals surface area contributed by atoms with Crippen molar-refractivity contribution in [3.05, 3.63) is 65.5 Å². The maximum Gasteiger partial charge on any atom is 0.255 e. The molecule has 1 fully saturated rings. The number of benzene rings is 1. The van der Waals surface area contributed by atoms with Gasteiger partial charge in [-0.25, -0.2) is 0 Å². The Morgan fingerprint density at radius 2 is 1.83 bits per heavy atom. The lowest BCUT2D eigenvalue weighted by Crippen LogP contribution is -2.44. The topological polar surface area (TPSA) is 53.5 Å². The molecule has 1 spiro atoms. The number of likely N-dealkylation sites (tertiary alicyclic amines) is 1. The Labute approximate surface area is 179 Å². The number of carbonyl (C=O) groups excluding carboxylic acids is 2. The van der Waals surface area contributed by atoms with Crippen molar-refractivity contribution in [3.63, 3.8) is 0 Å². The Bertz CT molecular complexity index is 900. The normalized spacial score (nSPS) is 19.5. The van der Waals surface area contributed by atoms with E-state index in [1.54, 1.807) is 12.4 Å². The van der Waals surface area contributed by atoms with Gasteiger partial charge in [-0.1, -0.05) is 24.3 Å². The number of fused-ring (bicyclic) bond motifs is 2. The van der Waals surface area contributed by atoms with Crippen LogP contribution in [-0.4, -0.2) is 52.8 Å². The molecule has 0 N–H and O–H groups in total. The molecule has 1 saturated heterocycles. The molecule has 0 radical (unpaired) electrons. The van der Waals surface area contributed by atoms with Gasteiger partial charge in [0.05, 0.1) is 5.56 Å². The van der Waals surface area contributed by atoms with Crippen LogP contribution in [0, 0.1) is 0 Å². The molecule has 5 heteroatoms. The zero-order valence-corrected chi connectivity index (χ0v) is 18.0. The number of carbonyl (C=O) groups is 2. The molecule has 0 unspecified atom stereocenters. The maximum atomic E-state index is 12.8. The van der Waals surface area contributed by atoms with Gasteiger partial charge in [-0.05, 0) is 67.7 Å². The van der Waals surface area contributed by atoms with Crippen LogP contribution in [0.2, 0.25) is 0 Å². The number of hydrogen-bond acceptors (Lipinski definition) is 3. The highest BCUT2D eigenvalue weighted by molar-refractivity contribution is 5.94. The molecular formula is C25H31N3O2. The quantitative estimate of drug-likeness (QED) is 0.755. The highest BCUT2D eigenvalue weighted by Crippen LogP contribution is 2.52. The summed E-state index contributed by atoms with van der Waals surface area (Å²) in [5.41, 5.74) is 3.47. The van der Waals surface area contributed by atoms with Gasteiger partial charge in [0.15, 0.2) is 0 Å². The van der Waals surface area contributed by atoms with Crippen LogP contribution in [0.1, 0.15) is 66.9 Å². The van der Waals surface area contributed by atoms with Gasteiger partial charge in [-0.15, -0.1) is 0 Å². The van der Waals surface area contributed by atoms with Crippen LogP contribution in [0.15, 0.2) is 48.8 Å². The minimum absolute atomic E-state index is 0.0671. The summed E-state index contributed by atoms with van der Waals surface area (Å²) in [5.74, 6) is 0.591. The molecule has 2 aliphatic rings. The molecular weight excluding hydrogens is 374 g/mol. The monoisotopic (exact) mass is 405 g/mol. The molecule has 0 saturated carbocycles. The average Bonchev–Trinajstić information content (AvgIpc) is 3.08. The summed E-state index contributed by atoms with van der Waals surface area (Å²) >= 11 is 0. The van der Waals surface area contributed by atoms with E-state index in [0.717, 1.165) is 45.4 Å². The molecule has 1 aliphatic heterocycles. The maximum absolute atomic E-state index is 12.8. The summed E-state index contributed by atoms with van der Waals surface area (Å²) in [6.07, 6.45) is 6.83. The van der Waals surface area contributed by atoms with Crippen molar-refractivity contribution in [1.29, 1.82) is 0 Å². The molecule has 4 rings (SSSR count). The smallest absolute Gasteiger partial charge is 0.255 e. The van der Waals surface area contributed by atoms with Crippen molar-refractivity contribution in [3.8, 4) is 0 Å². The summed E-state index contributed by atoms with van der Waals surface area (Å²) < 4.78 is 0. The Morgan fingerprint density at radius 1 is 1.10 bits per heavy atom. The minimum Gasteiger partial charge on any atom is -0.343 e. The van der Waals surface area contributed by atoms with Crippen molar-refractivity contribution >= 4 is 11.8 Å². The Morgan fingerprint density at radius 3 is 2.50 bits per heavy atom. The molecule has 158 valence electrons. The van der Waals surface area contributed by atoms with Crippen molar-refractivity contribution in [2.45, 2.75) is 50.9 Å². The third-order valence-corrected chi connectivity index (χ3v) is 7.06. The van der Waals surface area contributed by atoms with Gasteiger partial charge < -0.3 is 9.80 Å². The zero-order chi connectivity index (χ0) is 21.1. The van der Waals surface area contributed by atoms with Crippen molar-refractivity contribution < 1.29 is 9.59 Å². The van der Waals surface area contributed by atoms with E-state index >= 15 is 0 Å². The van der Waals surface area contributed by atoms with Crippen LogP contribution in [0.5, 0.6) is 0 Å². The van der Waals surface area contributed by atoms with Crippen molar-refractivity contribution in [1.82, 2.24) is 14.8 Å². The van der Waals surface area contributed by atoms with E-state index in [9.17, 15) is 9.59 Å². The zero-order valence-electron chi connectivity index (χ0n) is 18.0. The van der Waals surface area contributed by atoms with Gasteiger partial charge in [-0.3, -0.25) is 14.6 Å². The van der Waals surface area contributed by atoms with Gasteiger partial charge in [0, 0.05) is 45.0 Å². The predicted octanol–water partition coefficient (Wildman–Crippen LogP) is 4.00. The molecule has 1 aliphatic carbocycles. The lowest BCUT2D eigenvalue weighted by atomic mass is 9.73. The summed E-state index contributed by atoms with van der Waals surface area (Å²) in [4.78, 5) is 33.6. The average molecular weight is 406 g/mol. The van der Waals surface area contributed by atoms with Crippen molar-refractivity contribution in [2.75, 3.05) is 26.2 Å². The van der Waals surface area contributed by atoms with Crippen LogP contribution >= 0.6 is 0 Å². The Hall–Kier alpha value is -2.69. The van der Waals surface area contributed by atoms with Crippen molar-refractivity contribution in [2.24, 2.45) is 0 Å². The van der Waals surface area contributed by atoms with E-state index < -0.39 is 0 Å². The van der Waals surface area contributed by atoms with Gasteiger partial charge in [0.1, 0.15) is 0 Å². The highest BCUT2D eigenvalue weighted by atomic mass is 16.2. The first-order valence-electron chi connectivity index (χ1n) is 11.1. The second-order valence-electron chi connectivity index (χ2n) is 8.57. The molecule has 1 atom stereocenters. The van der Waals surface area contributed by atoms with E-state index in [-0.39, 0.29) is 23.1 Å². The summed E-state index contributed by atoms with van der Waals surface area (Å²) in [5, 5.41) is 0. The highest BCUT2D eigenvalue weighted by Gasteiger charge is 2.46. The summed E-state index contributed by atoms with van der Waals surface area (Å²) in [7, 11) is 0. The number of hydrogen-bond donors (Lipinski definition) is 0. The largest absolute Gasteiger partial charge is 0.343 e. The second-order valence-corrected chi connectivity index (χ2v) is 8.57. The number of piperidine rings is 1. The molecule has 2 aromatic rings. The first-order valence-corrected chi connectivity index (χ1v) is 11.1. The molecule has 30 heavy (non-hydrogen) atoms. The summed E-state index contributed by atoms with van der Waals surface area (Å²) in [6, 6.07) is 12.3. The molecule has 5 nitrogen and oxygen atoms in total. The fourth-order valence-corrected chi connectivity index (χ4v) is 5.41. The first-order chi connectivity index (χ1) is 14.6. The number of amides is 2. The fraction of sp³-hybridized carbons (Fsp3) is 0.480. The Kier molecular flexibility index (Phi) is 5.89. The van der Waals surface area contributed by atoms with Gasteiger partial charge in [0.2, 0.25) is 5.91 Å². The Balaban J connectivity index is 1.50. The number of aromatic nitrogens is 1. The van der Waals surface area contributed by atoms with Gasteiger partial charge >= 0.3 is 0 Å². The third-order valence-electron chi connectivity index (χ3n) is 7.06. The fourth-order valence-electron chi connectivity index (χ4n) is 5.41. The van der Waals surface area contributed by atoms with Crippen LogP contribution in [0.3, 0.4) is 0 Å². The lowest BCUT2D eigenvalue weighted by Gasteiger charge is -2.40. The lowest BCUT2D eigenvalue weighted by molar-refractivity contribution is -0.131. The number of rotatable bonds is 5. The second kappa shape index (κ2) is 8.58. The molecule has 0 bridgehead atoms. The SMILES string of the molecule is CCN(CC)C(=O)C[C@H]1CC2(CCN(C(=O)c3cccnc3)CC2)c2ccccc21. The van der Waals surface area contributed by atoms with E-state index in [1.165, 1.54) is 11.1 Å². The first kappa shape index (κ1) is 20.6. The van der Waals surface area contributed by atoms with Crippen LogP contribution in [-0.2, 0) is 10.2 Å². The van der Waals surface area contributed by atoms with E-state index in [2.05, 4.69) is 29.2 Å². The minimum atomic E-state index is 0.0671. The van der Waals surface area contributed by atoms with Gasteiger partial charge in [0.25, 0.3) is 5.91 Å². The molecule has 1 aromatic carbocycles. The molecule has 2 amide bonds. The number of pyridine rings is 1. The van der Waals surface area contributed by atoms with Crippen LogP contribution < -0.4 is 0 Å². The van der Waals surface area contributed by atoms with Crippen LogP contribution in [0.25, 0.3) is 0 Å². The van der Waals surface area contributed by atoms with E-state index in [4.69, 9.17) is 0 Å². The van der Waals surface area contributed by atoms with Crippen LogP contribution in [0.4, 0.5) is 0 Å². The van der Waals surface area contributed by atoms with E-state index in [0.29, 0.717) is 12.0 Å². The third kappa shape index (κ3) is 3.73.